The van der Waals surface area contributed by atoms with Gasteiger partial charge in [0, 0.05) is 24.0 Å². The summed E-state index contributed by atoms with van der Waals surface area (Å²) in [5.41, 5.74) is 5.96. The minimum Gasteiger partial charge on any atom is -0.464 e. The van der Waals surface area contributed by atoms with Gasteiger partial charge in [-0.25, -0.2) is 0 Å². The molecule has 4 aromatic rings. The second kappa shape index (κ2) is 8.73. The fraction of sp³-hybridized carbons (Fsp3) is 0.154. The highest BCUT2D eigenvalue weighted by atomic mass is 16.3. The Morgan fingerprint density at radius 1 is 0.821 bits per heavy atom. The molecule has 2 nitrogen and oxygen atoms in total. The van der Waals surface area contributed by atoms with Crippen molar-refractivity contribution in [3.05, 3.63) is 102 Å². The third-order valence-electron chi connectivity index (χ3n) is 5.01. The summed E-state index contributed by atoms with van der Waals surface area (Å²) in [6, 6.07) is 27.4. The van der Waals surface area contributed by atoms with Crippen LogP contribution in [0.15, 0.2) is 95.6 Å². The molecule has 1 heterocycles. The SMILES string of the molecule is CN(CC/C=C/c1ccc(-c2ccccc2)cc1)Cc1coc2ccccc12. The molecule has 1 aromatic heterocycles. The normalized spacial score (nSPS) is 11.6. The van der Waals surface area contributed by atoms with Crippen LogP contribution in [0.5, 0.6) is 0 Å². The second-order valence-electron chi connectivity index (χ2n) is 7.17. The molecular weight excluding hydrogens is 342 g/mol. The zero-order valence-corrected chi connectivity index (χ0v) is 16.2. The minimum atomic E-state index is 0.899. The zero-order valence-electron chi connectivity index (χ0n) is 16.2. The molecule has 0 saturated carbocycles. The largest absolute Gasteiger partial charge is 0.464 e. The molecule has 0 amide bonds. The number of fused-ring (bicyclic) bond motifs is 1. The van der Waals surface area contributed by atoms with Gasteiger partial charge in [0.25, 0.3) is 0 Å². The molecule has 2 heteroatoms. The van der Waals surface area contributed by atoms with Gasteiger partial charge in [-0.15, -0.1) is 0 Å². The van der Waals surface area contributed by atoms with Crippen molar-refractivity contribution < 1.29 is 4.42 Å². The summed E-state index contributed by atoms with van der Waals surface area (Å²) < 4.78 is 5.63. The minimum absolute atomic E-state index is 0.899. The number of hydrogen-bond donors (Lipinski definition) is 0. The lowest BCUT2D eigenvalue weighted by atomic mass is 10.0. The number of furan rings is 1. The van der Waals surface area contributed by atoms with E-state index in [4.69, 9.17) is 4.42 Å². The Morgan fingerprint density at radius 3 is 2.36 bits per heavy atom. The molecule has 0 saturated heterocycles. The van der Waals surface area contributed by atoms with Gasteiger partial charge < -0.3 is 9.32 Å². The smallest absolute Gasteiger partial charge is 0.134 e. The van der Waals surface area contributed by atoms with Crippen LogP contribution in [-0.4, -0.2) is 18.5 Å². The van der Waals surface area contributed by atoms with Gasteiger partial charge in [0.05, 0.1) is 6.26 Å². The molecule has 0 aliphatic rings. The van der Waals surface area contributed by atoms with Crippen LogP contribution in [0, 0.1) is 0 Å². The third kappa shape index (κ3) is 4.41. The number of para-hydroxylation sites is 1. The maximum absolute atomic E-state index is 5.63. The summed E-state index contributed by atoms with van der Waals surface area (Å²) >= 11 is 0. The quantitative estimate of drug-likeness (QED) is 0.364. The van der Waals surface area contributed by atoms with E-state index in [2.05, 4.69) is 84.8 Å². The van der Waals surface area contributed by atoms with Crippen LogP contribution in [0.2, 0.25) is 0 Å². The van der Waals surface area contributed by atoms with Crippen molar-refractivity contribution in [1.29, 1.82) is 0 Å². The van der Waals surface area contributed by atoms with Gasteiger partial charge in [-0.05, 0) is 36.2 Å². The summed E-state index contributed by atoms with van der Waals surface area (Å²) in [6.07, 6.45) is 7.36. The van der Waals surface area contributed by atoms with Crippen molar-refractivity contribution in [1.82, 2.24) is 4.90 Å². The molecule has 0 aliphatic heterocycles. The molecule has 0 unspecified atom stereocenters. The first-order chi connectivity index (χ1) is 13.8. The Morgan fingerprint density at radius 2 is 1.54 bits per heavy atom. The summed E-state index contributed by atoms with van der Waals surface area (Å²) in [5, 5.41) is 1.21. The highest BCUT2D eigenvalue weighted by Crippen LogP contribution is 2.22. The van der Waals surface area contributed by atoms with Gasteiger partial charge in [0.15, 0.2) is 0 Å². The Kier molecular flexibility index (Phi) is 5.69. The maximum Gasteiger partial charge on any atom is 0.134 e. The van der Waals surface area contributed by atoms with E-state index >= 15 is 0 Å². The number of benzene rings is 3. The van der Waals surface area contributed by atoms with Gasteiger partial charge >= 0.3 is 0 Å². The van der Waals surface area contributed by atoms with E-state index in [9.17, 15) is 0 Å². The molecule has 0 atom stereocenters. The van der Waals surface area contributed by atoms with Gasteiger partial charge in [-0.3, -0.25) is 0 Å². The molecule has 0 fully saturated rings. The molecule has 3 aromatic carbocycles. The van der Waals surface area contributed by atoms with E-state index in [0.717, 1.165) is 25.1 Å². The first kappa shape index (κ1) is 18.3. The van der Waals surface area contributed by atoms with Crippen molar-refractivity contribution >= 4 is 17.0 Å². The van der Waals surface area contributed by atoms with Crippen LogP contribution in [0.25, 0.3) is 28.2 Å². The van der Waals surface area contributed by atoms with Gasteiger partial charge in [-0.2, -0.15) is 0 Å². The summed E-state index contributed by atoms with van der Waals surface area (Å²) in [7, 11) is 2.16. The molecule has 0 N–H and O–H groups in total. The fourth-order valence-electron chi connectivity index (χ4n) is 3.46. The molecule has 140 valence electrons. The third-order valence-corrected chi connectivity index (χ3v) is 5.01. The maximum atomic E-state index is 5.63. The van der Waals surface area contributed by atoms with E-state index in [0.29, 0.717) is 0 Å². The van der Waals surface area contributed by atoms with Crippen LogP contribution in [0.1, 0.15) is 17.5 Å². The van der Waals surface area contributed by atoms with Gasteiger partial charge in [0.1, 0.15) is 5.58 Å². The Labute approximate surface area is 166 Å². The molecule has 0 spiro atoms. The Bertz CT molecular complexity index is 1040. The molecule has 0 aliphatic carbocycles. The van der Waals surface area contributed by atoms with E-state index in [-0.39, 0.29) is 0 Å². The van der Waals surface area contributed by atoms with Crippen molar-refractivity contribution in [2.24, 2.45) is 0 Å². The van der Waals surface area contributed by atoms with Crippen LogP contribution in [0.4, 0.5) is 0 Å². The van der Waals surface area contributed by atoms with Crippen LogP contribution in [0.3, 0.4) is 0 Å². The zero-order chi connectivity index (χ0) is 19.2. The second-order valence-corrected chi connectivity index (χ2v) is 7.17. The fourth-order valence-corrected chi connectivity index (χ4v) is 3.46. The predicted octanol–water partition coefficient (Wildman–Crippen LogP) is 6.64. The monoisotopic (exact) mass is 367 g/mol. The van der Waals surface area contributed by atoms with Crippen LogP contribution in [-0.2, 0) is 6.54 Å². The molecular formula is C26H25NO. The molecule has 0 radical (unpaired) electrons. The lowest BCUT2D eigenvalue weighted by Gasteiger charge is -2.14. The van der Waals surface area contributed by atoms with Crippen molar-refractivity contribution in [3.63, 3.8) is 0 Å². The molecule has 4 rings (SSSR count). The predicted molar refractivity (Wildman–Crippen MR) is 118 cm³/mol. The molecule has 0 bridgehead atoms. The van der Waals surface area contributed by atoms with Gasteiger partial charge in [-0.1, -0.05) is 84.9 Å². The lowest BCUT2D eigenvalue weighted by molar-refractivity contribution is 0.333. The standard InChI is InChI=1S/C26H25NO/c1-27(19-24-20-28-26-13-6-5-12-25(24)26)18-8-7-9-21-14-16-23(17-15-21)22-10-3-2-4-11-22/h2-7,9-17,20H,8,18-19H2,1H3/b9-7+. The highest BCUT2D eigenvalue weighted by molar-refractivity contribution is 5.80. The average molecular weight is 367 g/mol. The van der Waals surface area contributed by atoms with Crippen molar-refractivity contribution in [2.45, 2.75) is 13.0 Å². The van der Waals surface area contributed by atoms with E-state index in [1.165, 1.54) is 27.6 Å². The van der Waals surface area contributed by atoms with Gasteiger partial charge in [0.2, 0.25) is 0 Å². The Balaban J connectivity index is 1.29. The van der Waals surface area contributed by atoms with E-state index < -0.39 is 0 Å². The van der Waals surface area contributed by atoms with Crippen molar-refractivity contribution in [3.8, 4) is 11.1 Å². The number of rotatable bonds is 7. The average Bonchev–Trinajstić information content (AvgIpc) is 3.15. The topological polar surface area (TPSA) is 16.4 Å². The van der Waals surface area contributed by atoms with E-state index in [1.807, 2.05) is 24.5 Å². The van der Waals surface area contributed by atoms with Crippen molar-refractivity contribution in [2.75, 3.05) is 13.6 Å². The first-order valence-electron chi connectivity index (χ1n) is 9.75. The first-order valence-corrected chi connectivity index (χ1v) is 9.75. The summed E-state index contributed by atoms with van der Waals surface area (Å²) in [5.74, 6) is 0. The van der Waals surface area contributed by atoms with Crippen LogP contribution >= 0.6 is 0 Å². The van der Waals surface area contributed by atoms with Crippen LogP contribution < -0.4 is 0 Å². The highest BCUT2D eigenvalue weighted by Gasteiger charge is 2.07. The summed E-state index contributed by atoms with van der Waals surface area (Å²) in [4.78, 5) is 2.33. The number of hydrogen-bond acceptors (Lipinski definition) is 2. The lowest BCUT2D eigenvalue weighted by Crippen LogP contribution is -2.18. The summed E-state index contributed by atoms with van der Waals surface area (Å²) in [6.45, 7) is 1.91. The molecule has 28 heavy (non-hydrogen) atoms. The Hall–Kier alpha value is -3.10. The van der Waals surface area contributed by atoms with E-state index in [1.54, 1.807) is 0 Å². The number of nitrogens with zero attached hydrogens (tertiary/aromatic N) is 1.